The van der Waals surface area contributed by atoms with Crippen molar-refractivity contribution < 1.29 is 4.92 Å². The number of hydrogen-bond donors (Lipinski definition) is 1. The molecular formula is C15H23N3O2. The normalized spacial score (nSPS) is 19.8. The smallest absolute Gasteiger partial charge is 0.292 e. The number of nitrogens with one attached hydrogen (secondary N) is 1. The Morgan fingerprint density at radius 3 is 2.95 bits per heavy atom. The van der Waals surface area contributed by atoms with Crippen molar-refractivity contribution in [2.75, 3.05) is 25.5 Å². The second kappa shape index (κ2) is 6.70. The van der Waals surface area contributed by atoms with Gasteiger partial charge in [0.2, 0.25) is 0 Å². The number of nitrogens with zero attached hydrogens (tertiary/aromatic N) is 2. The lowest BCUT2D eigenvalue weighted by atomic mass is 9.95. The lowest BCUT2D eigenvalue weighted by molar-refractivity contribution is -0.384. The number of likely N-dealkylation sites (tertiary alicyclic amines) is 1. The first kappa shape index (κ1) is 14.8. The van der Waals surface area contributed by atoms with Gasteiger partial charge in [0.05, 0.1) is 4.92 Å². The van der Waals surface area contributed by atoms with E-state index in [1.807, 2.05) is 6.07 Å². The van der Waals surface area contributed by atoms with Crippen LogP contribution in [0, 0.1) is 16.0 Å². The number of rotatable bonds is 5. The van der Waals surface area contributed by atoms with Crippen LogP contribution in [0.1, 0.15) is 31.7 Å². The lowest BCUT2D eigenvalue weighted by Gasteiger charge is -2.32. The molecule has 5 heteroatoms. The van der Waals surface area contributed by atoms with E-state index in [2.05, 4.69) is 17.1 Å². The lowest BCUT2D eigenvalue weighted by Crippen LogP contribution is -2.34. The van der Waals surface area contributed by atoms with Gasteiger partial charge in [-0.2, -0.15) is 0 Å². The van der Waals surface area contributed by atoms with E-state index in [-0.39, 0.29) is 10.6 Å². The zero-order valence-electron chi connectivity index (χ0n) is 12.3. The molecule has 1 atom stereocenters. The summed E-state index contributed by atoms with van der Waals surface area (Å²) in [6.45, 7) is 5.25. The van der Waals surface area contributed by atoms with Gasteiger partial charge < -0.3 is 5.32 Å². The Labute approximate surface area is 120 Å². The number of anilines is 1. The van der Waals surface area contributed by atoms with Crippen LogP contribution in [0.3, 0.4) is 0 Å². The Morgan fingerprint density at radius 1 is 1.50 bits per heavy atom. The fraction of sp³-hybridized carbons (Fsp3) is 0.600. The molecule has 1 fully saturated rings. The molecule has 0 saturated carbocycles. The van der Waals surface area contributed by atoms with Gasteiger partial charge in [0.1, 0.15) is 5.69 Å². The minimum absolute atomic E-state index is 0.161. The van der Waals surface area contributed by atoms with Crippen LogP contribution in [0.25, 0.3) is 0 Å². The standard InChI is InChI=1S/C15H23N3O2/c1-3-12-5-4-8-17(10-12)11-13-6-7-14(16-2)15(9-13)18(19)20/h6-7,9,12,16H,3-5,8,10-11H2,1-2H3. The molecule has 0 aliphatic carbocycles. The zero-order valence-corrected chi connectivity index (χ0v) is 12.3. The molecule has 1 unspecified atom stereocenters. The van der Waals surface area contributed by atoms with Gasteiger partial charge in [-0.15, -0.1) is 0 Å². The predicted molar refractivity (Wildman–Crippen MR) is 80.9 cm³/mol. The minimum Gasteiger partial charge on any atom is -0.383 e. The van der Waals surface area contributed by atoms with Gasteiger partial charge >= 0.3 is 0 Å². The second-order valence-corrected chi connectivity index (χ2v) is 5.51. The third kappa shape index (κ3) is 3.48. The zero-order chi connectivity index (χ0) is 14.5. The van der Waals surface area contributed by atoms with Gasteiger partial charge in [-0.05, 0) is 36.9 Å². The van der Waals surface area contributed by atoms with Crippen molar-refractivity contribution in [3.05, 3.63) is 33.9 Å². The molecule has 1 aliphatic heterocycles. The van der Waals surface area contributed by atoms with Gasteiger partial charge in [-0.25, -0.2) is 0 Å². The highest BCUT2D eigenvalue weighted by molar-refractivity contribution is 5.62. The summed E-state index contributed by atoms with van der Waals surface area (Å²) in [5.74, 6) is 0.773. The van der Waals surface area contributed by atoms with E-state index >= 15 is 0 Å². The van der Waals surface area contributed by atoms with Crippen LogP contribution >= 0.6 is 0 Å². The summed E-state index contributed by atoms with van der Waals surface area (Å²) in [5.41, 5.74) is 1.75. The van der Waals surface area contributed by atoms with Crippen LogP contribution in [-0.2, 0) is 6.54 Å². The van der Waals surface area contributed by atoms with E-state index in [1.165, 1.54) is 19.3 Å². The molecule has 0 amide bonds. The van der Waals surface area contributed by atoms with Crippen LogP contribution in [0.2, 0.25) is 0 Å². The Kier molecular flexibility index (Phi) is 4.95. The first-order valence-electron chi connectivity index (χ1n) is 7.31. The molecule has 0 bridgehead atoms. The maximum absolute atomic E-state index is 11.1. The maximum Gasteiger partial charge on any atom is 0.292 e. The highest BCUT2D eigenvalue weighted by atomic mass is 16.6. The van der Waals surface area contributed by atoms with Crippen LogP contribution in [0.4, 0.5) is 11.4 Å². The Balaban J connectivity index is 2.09. The van der Waals surface area contributed by atoms with E-state index in [0.29, 0.717) is 5.69 Å². The molecule has 5 nitrogen and oxygen atoms in total. The first-order chi connectivity index (χ1) is 9.63. The maximum atomic E-state index is 11.1. The number of hydrogen-bond acceptors (Lipinski definition) is 4. The molecule has 1 N–H and O–H groups in total. The van der Waals surface area contributed by atoms with Gasteiger partial charge in [0.15, 0.2) is 0 Å². The Bertz CT molecular complexity index is 476. The van der Waals surface area contributed by atoms with Crippen LogP contribution in [0.5, 0.6) is 0 Å². The molecule has 1 aromatic carbocycles. The van der Waals surface area contributed by atoms with E-state index in [4.69, 9.17) is 0 Å². The summed E-state index contributed by atoms with van der Waals surface area (Å²) in [5, 5.41) is 13.9. The summed E-state index contributed by atoms with van der Waals surface area (Å²) in [6.07, 6.45) is 3.76. The van der Waals surface area contributed by atoms with Gasteiger partial charge in [-0.1, -0.05) is 19.4 Å². The fourth-order valence-electron chi connectivity index (χ4n) is 2.92. The highest BCUT2D eigenvalue weighted by Gasteiger charge is 2.20. The number of piperidine rings is 1. The SMILES string of the molecule is CCC1CCCN(Cc2ccc(NC)c([N+](=O)[O-])c2)C1. The van der Waals surface area contributed by atoms with Crippen molar-refractivity contribution in [2.24, 2.45) is 5.92 Å². The van der Waals surface area contributed by atoms with E-state index < -0.39 is 0 Å². The van der Waals surface area contributed by atoms with Crippen molar-refractivity contribution in [1.82, 2.24) is 4.90 Å². The van der Waals surface area contributed by atoms with Gasteiger partial charge in [0.25, 0.3) is 5.69 Å². The summed E-state index contributed by atoms with van der Waals surface area (Å²) < 4.78 is 0. The minimum atomic E-state index is -0.319. The second-order valence-electron chi connectivity index (χ2n) is 5.51. The van der Waals surface area contributed by atoms with Crippen molar-refractivity contribution in [1.29, 1.82) is 0 Å². The Morgan fingerprint density at radius 2 is 2.30 bits per heavy atom. The molecule has 1 aliphatic rings. The fourth-order valence-corrected chi connectivity index (χ4v) is 2.92. The van der Waals surface area contributed by atoms with E-state index in [0.717, 1.165) is 31.1 Å². The van der Waals surface area contributed by atoms with Crippen molar-refractivity contribution in [3.63, 3.8) is 0 Å². The number of nitro groups is 1. The van der Waals surface area contributed by atoms with Crippen LogP contribution < -0.4 is 5.32 Å². The van der Waals surface area contributed by atoms with Crippen LogP contribution in [0.15, 0.2) is 18.2 Å². The van der Waals surface area contributed by atoms with E-state index in [1.54, 1.807) is 19.2 Å². The summed E-state index contributed by atoms with van der Waals surface area (Å²) >= 11 is 0. The van der Waals surface area contributed by atoms with Crippen molar-refractivity contribution in [2.45, 2.75) is 32.7 Å². The van der Waals surface area contributed by atoms with Gasteiger partial charge in [-0.3, -0.25) is 15.0 Å². The average molecular weight is 277 g/mol. The molecule has 1 heterocycles. The number of nitro benzene ring substituents is 1. The summed E-state index contributed by atoms with van der Waals surface area (Å²) in [6, 6.07) is 5.48. The molecule has 1 aromatic rings. The van der Waals surface area contributed by atoms with Crippen molar-refractivity contribution in [3.8, 4) is 0 Å². The summed E-state index contributed by atoms with van der Waals surface area (Å²) in [7, 11) is 1.71. The largest absolute Gasteiger partial charge is 0.383 e. The quantitative estimate of drug-likeness (QED) is 0.663. The highest BCUT2D eigenvalue weighted by Crippen LogP contribution is 2.27. The van der Waals surface area contributed by atoms with Crippen molar-refractivity contribution >= 4 is 11.4 Å². The number of benzene rings is 1. The van der Waals surface area contributed by atoms with Crippen LogP contribution in [-0.4, -0.2) is 30.0 Å². The Hall–Kier alpha value is -1.62. The molecule has 0 spiro atoms. The molecule has 0 radical (unpaired) electrons. The molecule has 0 aromatic heterocycles. The topological polar surface area (TPSA) is 58.4 Å². The summed E-state index contributed by atoms with van der Waals surface area (Å²) in [4.78, 5) is 13.2. The molecule has 110 valence electrons. The van der Waals surface area contributed by atoms with Gasteiger partial charge in [0, 0.05) is 26.2 Å². The molecule has 2 rings (SSSR count). The average Bonchev–Trinajstić information content (AvgIpc) is 2.47. The first-order valence-corrected chi connectivity index (χ1v) is 7.31. The molecule has 20 heavy (non-hydrogen) atoms. The molecular weight excluding hydrogens is 254 g/mol. The van der Waals surface area contributed by atoms with E-state index in [9.17, 15) is 10.1 Å². The molecule has 1 saturated heterocycles. The monoisotopic (exact) mass is 277 g/mol. The third-order valence-corrected chi connectivity index (χ3v) is 4.11. The predicted octanol–water partition coefficient (Wildman–Crippen LogP) is 3.26. The third-order valence-electron chi connectivity index (χ3n) is 4.11.